The molecule has 2 aromatic rings. The van der Waals surface area contributed by atoms with Gasteiger partial charge in [-0.1, -0.05) is 6.92 Å². The predicted molar refractivity (Wildman–Crippen MR) is 65.2 cm³/mol. The number of rotatable bonds is 2. The van der Waals surface area contributed by atoms with Gasteiger partial charge in [-0.05, 0) is 18.6 Å². The van der Waals surface area contributed by atoms with Crippen molar-refractivity contribution >= 4 is 0 Å². The van der Waals surface area contributed by atoms with Crippen LogP contribution in [0, 0.1) is 0 Å². The lowest BCUT2D eigenvalue weighted by Gasteiger charge is -2.07. The Morgan fingerprint density at radius 3 is 3.00 bits per heavy atom. The van der Waals surface area contributed by atoms with Gasteiger partial charge in [0.25, 0.3) is 0 Å². The van der Waals surface area contributed by atoms with E-state index in [-0.39, 0.29) is 0 Å². The summed E-state index contributed by atoms with van der Waals surface area (Å²) in [7, 11) is 0. The summed E-state index contributed by atoms with van der Waals surface area (Å²) in [5, 5.41) is 3.32. The molecule has 2 aromatic heterocycles. The normalized spacial score (nSPS) is 13.7. The highest BCUT2D eigenvalue weighted by Gasteiger charge is 2.18. The molecule has 1 N–H and O–H groups in total. The number of pyridine rings is 1. The van der Waals surface area contributed by atoms with Gasteiger partial charge in [0, 0.05) is 42.3 Å². The van der Waals surface area contributed by atoms with E-state index < -0.39 is 0 Å². The molecule has 0 bridgehead atoms. The molecule has 0 spiro atoms. The van der Waals surface area contributed by atoms with Gasteiger partial charge in [0.1, 0.15) is 0 Å². The van der Waals surface area contributed by atoms with Crippen LogP contribution in [-0.4, -0.2) is 15.0 Å². The Hall–Kier alpha value is -1.81. The molecular formula is C13H14N4. The summed E-state index contributed by atoms with van der Waals surface area (Å²) in [5.41, 5.74) is 4.55. The lowest BCUT2D eigenvalue weighted by atomic mass is 10.1. The molecule has 0 fully saturated rings. The predicted octanol–water partition coefficient (Wildman–Crippen LogP) is 1.70. The molecule has 0 aliphatic carbocycles. The Kier molecular flexibility index (Phi) is 2.57. The van der Waals surface area contributed by atoms with Crippen molar-refractivity contribution in [1.82, 2.24) is 20.3 Å². The summed E-state index contributed by atoms with van der Waals surface area (Å²) >= 11 is 0. The van der Waals surface area contributed by atoms with Gasteiger partial charge < -0.3 is 5.32 Å². The minimum Gasteiger partial charge on any atom is -0.307 e. The van der Waals surface area contributed by atoms with Crippen LogP contribution in [0.15, 0.2) is 24.5 Å². The van der Waals surface area contributed by atoms with Gasteiger partial charge in [-0.15, -0.1) is 0 Å². The van der Waals surface area contributed by atoms with Gasteiger partial charge in [0.05, 0.1) is 5.69 Å². The third-order valence-corrected chi connectivity index (χ3v) is 3.03. The summed E-state index contributed by atoms with van der Waals surface area (Å²) in [5.74, 6) is 0.789. The first-order chi connectivity index (χ1) is 8.38. The van der Waals surface area contributed by atoms with Crippen LogP contribution in [-0.2, 0) is 19.5 Å². The Labute approximate surface area is 100 Å². The first kappa shape index (κ1) is 10.4. The lowest BCUT2D eigenvalue weighted by molar-refractivity contribution is 0.755. The quantitative estimate of drug-likeness (QED) is 0.846. The van der Waals surface area contributed by atoms with Gasteiger partial charge in [-0.3, -0.25) is 4.98 Å². The third kappa shape index (κ3) is 1.80. The molecule has 17 heavy (non-hydrogen) atoms. The zero-order valence-electron chi connectivity index (χ0n) is 9.77. The first-order valence-corrected chi connectivity index (χ1v) is 5.88. The van der Waals surface area contributed by atoms with Gasteiger partial charge in [-0.2, -0.15) is 0 Å². The highest BCUT2D eigenvalue weighted by Crippen LogP contribution is 2.22. The van der Waals surface area contributed by atoms with Crippen LogP contribution in [0.5, 0.6) is 0 Å². The van der Waals surface area contributed by atoms with E-state index in [1.165, 1.54) is 5.56 Å². The van der Waals surface area contributed by atoms with Crippen molar-refractivity contribution in [3.05, 3.63) is 41.5 Å². The van der Waals surface area contributed by atoms with E-state index in [2.05, 4.69) is 27.2 Å². The summed E-state index contributed by atoms with van der Waals surface area (Å²) in [4.78, 5) is 13.4. The molecule has 0 aromatic carbocycles. The molecule has 1 aliphatic rings. The van der Waals surface area contributed by atoms with Crippen molar-refractivity contribution in [1.29, 1.82) is 0 Å². The minimum atomic E-state index is 0.789. The Morgan fingerprint density at radius 2 is 2.24 bits per heavy atom. The molecule has 0 unspecified atom stereocenters. The van der Waals surface area contributed by atoms with Crippen LogP contribution >= 0.6 is 0 Å². The zero-order valence-corrected chi connectivity index (χ0v) is 9.77. The zero-order chi connectivity index (χ0) is 11.7. The SMILES string of the molecule is CCc1nc(-c2cccnc2)nc2c1CNC2. The summed E-state index contributed by atoms with van der Waals surface area (Å²) < 4.78 is 0. The van der Waals surface area contributed by atoms with E-state index in [1.54, 1.807) is 6.20 Å². The first-order valence-electron chi connectivity index (χ1n) is 5.88. The topological polar surface area (TPSA) is 50.7 Å². The van der Waals surface area contributed by atoms with Gasteiger partial charge in [-0.25, -0.2) is 9.97 Å². The largest absolute Gasteiger partial charge is 0.307 e. The van der Waals surface area contributed by atoms with Gasteiger partial charge >= 0.3 is 0 Å². The Balaban J connectivity index is 2.13. The van der Waals surface area contributed by atoms with Crippen LogP contribution < -0.4 is 5.32 Å². The Bertz CT molecular complexity index is 537. The second-order valence-corrected chi connectivity index (χ2v) is 4.12. The smallest absolute Gasteiger partial charge is 0.161 e. The number of aromatic nitrogens is 3. The van der Waals surface area contributed by atoms with Crippen LogP contribution in [0.25, 0.3) is 11.4 Å². The average Bonchev–Trinajstić information content (AvgIpc) is 2.86. The van der Waals surface area contributed by atoms with Crippen molar-refractivity contribution < 1.29 is 0 Å². The fourth-order valence-corrected chi connectivity index (χ4v) is 2.15. The second kappa shape index (κ2) is 4.22. The summed E-state index contributed by atoms with van der Waals surface area (Å²) in [6.45, 7) is 3.87. The monoisotopic (exact) mass is 226 g/mol. The number of aryl methyl sites for hydroxylation is 1. The fourth-order valence-electron chi connectivity index (χ4n) is 2.15. The standard InChI is InChI=1S/C13H14N4/c1-2-11-10-7-15-8-12(10)17-13(16-11)9-4-3-5-14-6-9/h3-6,15H,2,7-8H2,1H3. The molecule has 0 amide bonds. The average molecular weight is 226 g/mol. The second-order valence-electron chi connectivity index (χ2n) is 4.12. The fraction of sp³-hybridized carbons (Fsp3) is 0.308. The lowest BCUT2D eigenvalue weighted by Crippen LogP contribution is -2.02. The maximum Gasteiger partial charge on any atom is 0.161 e. The number of nitrogens with zero attached hydrogens (tertiary/aromatic N) is 3. The molecule has 4 nitrogen and oxygen atoms in total. The van der Waals surface area contributed by atoms with Crippen molar-refractivity contribution in [3.63, 3.8) is 0 Å². The van der Waals surface area contributed by atoms with E-state index in [9.17, 15) is 0 Å². The minimum absolute atomic E-state index is 0.789. The third-order valence-electron chi connectivity index (χ3n) is 3.03. The molecule has 86 valence electrons. The molecule has 0 saturated heterocycles. The molecule has 0 atom stereocenters. The van der Waals surface area contributed by atoms with Crippen molar-refractivity contribution in [2.24, 2.45) is 0 Å². The maximum absolute atomic E-state index is 4.64. The van der Waals surface area contributed by atoms with E-state index in [0.29, 0.717) is 0 Å². The molecule has 3 rings (SSSR count). The van der Waals surface area contributed by atoms with Gasteiger partial charge in [0.15, 0.2) is 5.82 Å². The Morgan fingerprint density at radius 1 is 1.29 bits per heavy atom. The van der Waals surface area contributed by atoms with E-state index in [1.807, 2.05) is 18.3 Å². The molecule has 1 aliphatic heterocycles. The van der Waals surface area contributed by atoms with Crippen LogP contribution in [0.1, 0.15) is 23.9 Å². The van der Waals surface area contributed by atoms with Crippen LogP contribution in [0.3, 0.4) is 0 Å². The van der Waals surface area contributed by atoms with Crippen molar-refractivity contribution in [2.45, 2.75) is 26.4 Å². The number of hydrogen-bond donors (Lipinski definition) is 1. The summed E-state index contributed by atoms with van der Waals surface area (Å²) in [6.07, 6.45) is 4.52. The van der Waals surface area contributed by atoms with E-state index >= 15 is 0 Å². The van der Waals surface area contributed by atoms with Gasteiger partial charge in [0.2, 0.25) is 0 Å². The van der Waals surface area contributed by atoms with Crippen molar-refractivity contribution in [3.8, 4) is 11.4 Å². The molecule has 0 radical (unpaired) electrons. The highest BCUT2D eigenvalue weighted by atomic mass is 15.0. The summed E-state index contributed by atoms with van der Waals surface area (Å²) in [6, 6.07) is 3.91. The highest BCUT2D eigenvalue weighted by molar-refractivity contribution is 5.54. The van der Waals surface area contributed by atoms with Crippen LogP contribution in [0.2, 0.25) is 0 Å². The number of fused-ring (bicyclic) bond motifs is 1. The van der Waals surface area contributed by atoms with E-state index in [0.717, 1.165) is 42.3 Å². The molecule has 3 heterocycles. The molecule has 4 heteroatoms. The molecular weight excluding hydrogens is 212 g/mol. The van der Waals surface area contributed by atoms with E-state index in [4.69, 9.17) is 0 Å². The maximum atomic E-state index is 4.64. The molecule has 0 saturated carbocycles. The number of hydrogen-bond acceptors (Lipinski definition) is 4. The van der Waals surface area contributed by atoms with Crippen molar-refractivity contribution in [2.75, 3.05) is 0 Å². The van der Waals surface area contributed by atoms with Crippen LogP contribution in [0.4, 0.5) is 0 Å². The number of nitrogens with one attached hydrogen (secondary N) is 1.